The van der Waals surface area contributed by atoms with Gasteiger partial charge in [-0.1, -0.05) is 23.7 Å². The van der Waals surface area contributed by atoms with Gasteiger partial charge in [-0.2, -0.15) is 0 Å². The monoisotopic (exact) mass is 434 g/mol. The summed E-state index contributed by atoms with van der Waals surface area (Å²) in [6.45, 7) is 0. The van der Waals surface area contributed by atoms with Crippen LogP contribution in [-0.2, 0) is 0 Å². The third kappa shape index (κ3) is 4.91. The minimum atomic E-state index is -0.486. The van der Waals surface area contributed by atoms with Crippen molar-refractivity contribution in [3.05, 3.63) is 106 Å². The first-order valence-corrected chi connectivity index (χ1v) is 9.55. The van der Waals surface area contributed by atoms with Crippen LogP contribution in [0.2, 0.25) is 5.02 Å². The highest BCUT2D eigenvalue weighted by molar-refractivity contribution is 6.30. The van der Waals surface area contributed by atoms with Crippen molar-refractivity contribution in [3.63, 3.8) is 0 Å². The number of halogens is 1. The Morgan fingerprint density at radius 2 is 1.61 bits per heavy atom. The lowest BCUT2D eigenvalue weighted by atomic mass is 10.1. The van der Waals surface area contributed by atoms with E-state index in [1.165, 1.54) is 18.2 Å². The van der Waals surface area contributed by atoms with Crippen LogP contribution in [0.5, 0.6) is 11.5 Å². The molecule has 0 atom stereocenters. The number of nitrogens with one attached hydrogen (secondary N) is 1. The molecule has 4 aromatic rings. The number of nitro groups is 1. The molecule has 0 radical (unpaired) electrons. The van der Waals surface area contributed by atoms with Crippen LogP contribution in [0.25, 0.3) is 11.3 Å². The number of hydrogen-bond acceptors (Lipinski definition) is 5. The average molecular weight is 435 g/mol. The first-order chi connectivity index (χ1) is 15.0. The van der Waals surface area contributed by atoms with Gasteiger partial charge in [0.15, 0.2) is 5.76 Å². The fraction of sp³-hybridized carbons (Fsp3) is 0. The van der Waals surface area contributed by atoms with E-state index in [4.69, 9.17) is 20.8 Å². The van der Waals surface area contributed by atoms with E-state index in [1.54, 1.807) is 66.7 Å². The van der Waals surface area contributed by atoms with Crippen LogP contribution < -0.4 is 10.1 Å². The summed E-state index contributed by atoms with van der Waals surface area (Å²) in [4.78, 5) is 22.9. The Morgan fingerprint density at radius 1 is 0.935 bits per heavy atom. The second kappa shape index (κ2) is 8.73. The largest absolute Gasteiger partial charge is 0.457 e. The number of nitro benzene ring substituents is 1. The fourth-order valence-corrected chi connectivity index (χ4v) is 2.95. The number of hydrogen-bond donors (Lipinski definition) is 1. The summed E-state index contributed by atoms with van der Waals surface area (Å²) in [5.41, 5.74) is 1.01. The zero-order chi connectivity index (χ0) is 21.8. The highest BCUT2D eigenvalue weighted by Gasteiger charge is 2.14. The van der Waals surface area contributed by atoms with Gasteiger partial charge < -0.3 is 14.5 Å². The van der Waals surface area contributed by atoms with E-state index in [1.807, 2.05) is 0 Å². The van der Waals surface area contributed by atoms with Gasteiger partial charge in [-0.15, -0.1) is 0 Å². The van der Waals surface area contributed by atoms with E-state index in [-0.39, 0.29) is 11.4 Å². The molecule has 4 rings (SSSR count). The van der Waals surface area contributed by atoms with Crippen LogP contribution in [0.4, 0.5) is 11.4 Å². The van der Waals surface area contributed by atoms with Crippen molar-refractivity contribution in [1.29, 1.82) is 0 Å². The SMILES string of the molecule is O=C(Nc1ccc(Oc2ccc(Cl)cc2)cc1)c1ccc(-c2cccc([N+](=O)[O-])c2)o1. The quantitative estimate of drug-likeness (QED) is 0.274. The summed E-state index contributed by atoms with van der Waals surface area (Å²) in [5.74, 6) is 1.25. The molecule has 3 aromatic carbocycles. The van der Waals surface area contributed by atoms with Gasteiger partial charge in [0.2, 0.25) is 0 Å². The van der Waals surface area contributed by atoms with E-state index < -0.39 is 10.8 Å². The number of anilines is 1. The zero-order valence-corrected chi connectivity index (χ0v) is 16.7. The van der Waals surface area contributed by atoms with Crippen LogP contribution >= 0.6 is 11.6 Å². The molecule has 1 N–H and O–H groups in total. The standard InChI is InChI=1S/C23H15ClN2O5/c24-16-4-8-19(9-5-16)30-20-10-6-17(7-11-20)25-23(27)22-13-12-21(31-22)15-2-1-3-18(14-15)26(28)29/h1-14H,(H,25,27). The van der Waals surface area contributed by atoms with Crippen molar-refractivity contribution in [2.24, 2.45) is 0 Å². The molecule has 0 saturated carbocycles. The van der Waals surface area contributed by atoms with Gasteiger partial charge >= 0.3 is 0 Å². The van der Waals surface area contributed by atoms with Gasteiger partial charge in [-0.25, -0.2) is 0 Å². The maximum Gasteiger partial charge on any atom is 0.291 e. The van der Waals surface area contributed by atoms with E-state index in [9.17, 15) is 14.9 Å². The third-order valence-corrected chi connectivity index (χ3v) is 4.58. The molecule has 1 amide bonds. The van der Waals surface area contributed by atoms with Crippen LogP contribution in [0.3, 0.4) is 0 Å². The Bertz CT molecular complexity index is 1230. The Morgan fingerprint density at radius 3 is 2.29 bits per heavy atom. The number of benzene rings is 3. The zero-order valence-electron chi connectivity index (χ0n) is 15.9. The predicted octanol–water partition coefficient (Wildman–Crippen LogP) is 6.55. The average Bonchev–Trinajstić information content (AvgIpc) is 3.27. The molecular formula is C23H15ClN2O5. The highest BCUT2D eigenvalue weighted by Crippen LogP contribution is 2.27. The second-order valence-corrected chi connectivity index (χ2v) is 6.94. The van der Waals surface area contributed by atoms with Gasteiger partial charge in [-0.3, -0.25) is 14.9 Å². The molecule has 0 spiro atoms. The molecule has 0 aliphatic carbocycles. The number of carbonyl (C=O) groups is 1. The number of furan rings is 1. The maximum absolute atomic E-state index is 12.5. The Hall–Kier alpha value is -4.10. The summed E-state index contributed by atoms with van der Waals surface area (Å²) in [6.07, 6.45) is 0. The predicted molar refractivity (Wildman–Crippen MR) is 117 cm³/mol. The molecule has 0 unspecified atom stereocenters. The first-order valence-electron chi connectivity index (χ1n) is 9.17. The number of non-ortho nitro benzene ring substituents is 1. The third-order valence-electron chi connectivity index (χ3n) is 4.33. The Kier molecular flexibility index (Phi) is 5.68. The van der Waals surface area contributed by atoms with Crippen molar-refractivity contribution >= 4 is 28.9 Å². The first kappa shape index (κ1) is 20.2. The second-order valence-electron chi connectivity index (χ2n) is 6.51. The minimum Gasteiger partial charge on any atom is -0.457 e. The molecule has 0 bridgehead atoms. The van der Waals surface area contributed by atoms with Gasteiger partial charge in [0.25, 0.3) is 11.6 Å². The van der Waals surface area contributed by atoms with Gasteiger partial charge in [0.05, 0.1) is 4.92 Å². The molecule has 31 heavy (non-hydrogen) atoms. The number of amides is 1. The van der Waals surface area contributed by atoms with Crippen LogP contribution in [0.1, 0.15) is 10.6 Å². The van der Waals surface area contributed by atoms with Crippen molar-refractivity contribution in [2.45, 2.75) is 0 Å². The molecule has 154 valence electrons. The lowest BCUT2D eigenvalue weighted by molar-refractivity contribution is -0.384. The van der Waals surface area contributed by atoms with E-state index >= 15 is 0 Å². The van der Waals surface area contributed by atoms with Crippen molar-refractivity contribution in [3.8, 4) is 22.8 Å². The van der Waals surface area contributed by atoms with Crippen LogP contribution in [0, 0.1) is 10.1 Å². The summed E-state index contributed by atoms with van der Waals surface area (Å²) in [5, 5.41) is 14.3. The highest BCUT2D eigenvalue weighted by atomic mass is 35.5. The smallest absolute Gasteiger partial charge is 0.291 e. The van der Waals surface area contributed by atoms with Gasteiger partial charge in [-0.05, 0) is 60.7 Å². The van der Waals surface area contributed by atoms with E-state index in [0.717, 1.165) is 0 Å². The lowest BCUT2D eigenvalue weighted by Gasteiger charge is -2.07. The van der Waals surface area contributed by atoms with Crippen LogP contribution in [-0.4, -0.2) is 10.8 Å². The number of ether oxygens (including phenoxy) is 1. The molecule has 0 saturated heterocycles. The summed E-state index contributed by atoms with van der Waals surface area (Å²) < 4.78 is 11.3. The molecule has 1 aromatic heterocycles. The molecule has 0 fully saturated rings. The topological polar surface area (TPSA) is 94.6 Å². The number of nitrogens with zero attached hydrogens (tertiary/aromatic N) is 1. The van der Waals surface area contributed by atoms with E-state index in [0.29, 0.717) is 33.5 Å². The van der Waals surface area contributed by atoms with Gasteiger partial charge in [0, 0.05) is 28.4 Å². The minimum absolute atomic E-state index is 0.0548. The van der Waals surface area contributed by atoms with Gasteiger partial charge in [0.1, 0.15) is 17.3 Å². The number of carbonyl (C=O) groups excluding carboxylic acids is 1. The molecule has 7 nitrogen and oxygen atoms in total. The molecular weight excluding hydrogens is 420 g/mol. The molecule has 0 aliphatic heterocycles. The molecule has 0 aliphatic rings. The Balaban J connectivity index is 1.42. The van der Waals surface area contributed by atoms with Crippen molar-refractivity contribution < 1.29 is 18.9 Å². The fourth-order valence-electron chi connectivity index (χ4n) is 2.83. The van der Waals surface area contributed by atoms with E-state index in [2.05, 4.69) is 5.32 Å². The normalized spacial score (nSPS) is 10.5. The Labute approximate surface area is 182 Å². The molecule has 1 heterocycles. The summed E-state index contributed by atoms with van der Waals surface area (Å²) in [6, 6.07) is 23.0. The maximum atomic E-state index is 12.5. The lowest BCUT2D eigenvalue weighted by Crippen LogP contribution is -2.10. The molecule has 8 heteroatoms. The number of rotatable bonds is 6. The van der Waals surface area contributed by atoms with Crippen molar-refractivity contribution in [1.82, 2.24) is 0 Å². The summed E-state index contributed by atoms with van der Waals surface area (Å²) >= 11 is 5.86. The van der Waals surface area contributed by atoms with Crippen molar-refractivity contribution in [2.75, 3.05) is 5.32 Å². The van der Waals surface area contributed by atoms with Crippen LogP contribution in [0.15, 0.2) is 89.3 Å². The summed E-state index contributed by atoms with van der Waals surface area (Å²) in [7, 11) is 0.